The molecule has 1 aromatic rings. The number of nitrogens with zero attached hydrogens (tertiary/aromatic N) is 1. The summed E-state index contributed by atoms with van der Waals surface area (Å²) < 4.78 is 43.7. The van der Waals surface area contributed by atoms with Gasteiger partial charge in [-0.1, -0.05) is 12.1 Å². The zero-order valence-corrected chi connectivity index (χ0v) is 13.7. The highest BCUT2D eigenvalue weighted by atomic mass is 19.4. The molecule has 1 heterocycles. The second-order valence-corrected chi connectivity index (χ2v) is 6.03. The number of hydrogen-bond acceptors (Lipinski definition) is 5. The molecule has 1 amide bonds. The van der Waals surface area contributed by atoms with Crippen LogP contribution < -0.4 is 10.1 Å². The fourth-order valence-corrected chi connectivity index (χ4v) is 2.64. The number of carbonyl (C=O) groups is 1. The van der Waals surface area contributed by atoms with Crippen molar-refractivity contribution in [1.29, 1.82) is 0 Å². The highest BCUT2D eigenvalue weighted by Gasteiger charge is 2.34. The van der Waals surface area contributed by atoms with Gasteiger partial charge in [-0.2, -0.15) is 13.2 Å². The van der Waals surface area contributed by atoms with Gasteiger partial charge in [0, 0.05) is 20.1 Å². The van der Waals surface area contributed by atoms with Crippen LogP contribution in [0.3, 0.4) is 0 Å². The van der Waals surface area contributed by atoms with Crippen molar-refractivity contribution in [1.82, 2.24) is 10.2 Å². The maximum atomic E-state index is 12.9. The van der Waals surface area contributed by atoms with Crippen LogP contribution >= 0.6 is 0 Å². The van der Waals surface area contributed by atoms with Gasteiger partial charge in [0.05, 0.1) is 17.7 Å². The lowest BCUT2D eigenvalue weighted by Gasteiger charge is -2.24. The summed E-state index contributed by atoms with van der Waals surface area (Å²) in [5.74, 6) is -0.671. The zero-order valence-electron chi connectivity index (χ0n) is 13.7. The fourth-order valence-electron chi connectivity index (χ4n) is 2.64. The van der Waals surface area contributed by atoms with Crippen molar-refractivity contribution in [3.05, 3.63) is 29.8 Å². The largest absolute Gasteiger partial charge is 0.490 e. The van der Waals surface area contributed by atoms with E-state index in [2.05, 4.69) is 5.32 Å². The van der Waals surface area contributed by atoms with E-state index in [1.807, 2.05) is 0 Å². The Morgan fingerprint density at radius 1 is 1.44 bits per heavy atom. The molecule has 0 bridgehead atoms. The second kappa shape index (κ2) is 8.03. The third kappa shape index (κ3) is 5.32. The molecule has 1 aliphatic heterocycles. The molecular formula is C16H21F3N2O4. The molecule has 3 N–H and O–H groups in total. The Morgan fingerprint density at radius 2 is 2.12 bits per heavy atom. The maximum absolute atomic E-state index is 12.9. The minimum atomic E-state index is -4.55. The quantitative estimate of drug-likeness (QED) is 0.692. The van der Waals surface area contributed by atoms with Crippen molar-refractivity contribution >= 4 is 5.91 Å². The predicted molar refractivity (Wildman–Crippen MR) is 83.0 cm³/mol. The van der Waals surface area contributed by atoms with E-state index in [1.54, 1.807) is 0 Å². The number of halogens is 3. The number of carbonyl (C=O) groups excluding carboxylic acids is 1. The van der Waals surface area contributed by atoms with E-state index >= 15 is 0 Å². The summed E-state index contributed by atoms with van der Waals surface area (Å²) in [7, 11) is 1.47. The fraction of sp³-hybridized carbons (Fsp3) is 0.562. The summed E-state index contributed by atoms with van der Waals surface area (Å²) in [6.45, 7) is -0.156. The van der Waals surface area contributed by atoms with Crippen LogP contribution in [0.1, 0.15) is 12.0 Å². The number of benzene rings is 1. The minimum absolute atomic E-state index is 0.0959. The molecule has 0 aromatic heterocycles. The average molecular weight is 362 g/mol. The Labute approximate surface area is 143 Å². The lowest BCUT2D eigenvalue weighted by molar-refractivity contribution is -0.139. The van der Waals surface area contributed by atoms with Gasteiger partial charge in [0.15, 0.2) is 0 Å². The van der Waals surface area contributed by atoms with Gasteiger partial charge in [-0.15, -0.1) is 0 Å². The Bertz CT molecular complexity index is 597. The van der Waals surface area contributed by atoms with Crippen molar-refractivity contribution in [2.24, 2.45) is 0 Å². The SMILES string of the molecule is CN(CC(O)COc1ccccc1C(F)(F)F)C(=O)C1CC(O)CN1. The summed E-state index contributed by atoms with van der Waals surface area (Å²) in [5.41, 5.74) is -0.921. The number of nitrogens with one attached hydrogen (secondary N) is 1. The molecule has 25 heavy (non-hydrogen) atoms. The molecule has 2 rings (SSSR count). The van der Waals surface area contributed by atoms with Crippen molar-refractivity contribution < 1.29 is 32.9 Å². The Kier molecular flexibility index (Phi) is 6.26. The van der Waals surface area contributed by atoms with Crippen LogP contribution in [0.2, 0.25) is 0 Å². The number of β-amino-alcohol motifs (C(OH)–C–C–N with tert-alkyl or cyclic N) is 1. The van der Waals surface area contributed by atoms with Crippen LogP contribution in [0.5, 0.6) is 5.75 Å². The summed E-state index contributed by atoms with van der Waals surface area (Å²) in [6.07, 6.45) is -6.01. The standard InChI is InChI=1S/C16H21F3N2O4/c1-21(15(24)13-6-10(22)7-20-13)8-11(23)9-25-14-5-3-2-4-12(14)16(17,18)19/h2-5,10-11,13,20,22-23H,6-9H2,1H3. The molecule has 9 heteroatoms. The lowest BCUT2D eigenvalue weighted by atomic mass is 10.2. The molecule has 1 fully saturated rings. The molecule has 0 spiro atoms. The number of likely N-dealkylation sites (N-methyl/N-ethyl adjacent to an activating group) is 1. The summed E-state index contributed by atoms with van der Waals surface area (Å²) >= 11 is 0. The van der Waals surface area contributed by atoms with Gasteiger partial charge < -0.3 is 25.2 Å². The second-order valence-electron chi connectivity index (χ2n) is 6.03. The average Bonchev–Trinajstić information content (AvgIpc) is 2.98. The molecule has 3 atom stereocenters. The van der Waals surface area contributed by atoms with Crippen LogP contribution in [-0.2, 0) is 11.0 Å². The number of alkyl halides is 3. The molecule has 0 saturated carbocycles. The summed E-state index contributed by atoms with van der Waals surface area (Å²) in [4.78, 5) is 13.4. The topological polar surface area (TPSA) is 82.0 Å². The first-order chi connectivity index (χ1) is 11.7. The molecular weight excluding hydrogens is 341 g/mol. The number of amides is 1. The summed E-state index contributed by atoms with van der Waals surface area (Å²) in [5, 5.41) is 22.2. The third-order valence-electron chi connectivity index (χ3n) is 3.89. The van der Waals surface area contributed by atoms with Gasteiger partial charge in [-0.25, -0.2) is 0 Å². The molecule has 1 aromatic carbocycles. The molecule has 0 radical (unpaired) electrons. The van der Waals surface area contributed by atoms with E-state index in [4.69, 9.17) is 4.74 Å². The van der Waals surface area contributed by atoms with Gasteiger partial charge in [-0.3, -0.25) is 4.79 Å². The van der Waals surface area contributed by atoms with Crippen molar-refractivity contribution in [3.63, 3.8) is 0 Å². The maximum Gasteiger partial charge on any atom is 0.419 e. The van der Waals surface area contributed by atoms with Crippen molar-refractivity contribution in [2.75, 3.05) is 26.7 Å². The number of para-hydroxylation sites is 1. The summed E-state index contributed by atoms with van der Waals surface area (Å²) in [6, 6.07) is 4.20. The zero-order chi connectivity index (χ0) is 18.6. The van der Waals surface area contributed by atoms with Crippen LogP contribution in [0.15, 0.2) is 24.3 Å². The first-order valence-corrected chi connectivity index (χ1v) is 7.82. The molecule has 6 nitrogen and oxygen atoms in total. The minimum Gasteiger partial charge on any atom is -0.490 e. The molecule has 1 aliphatic rings. The van der Waals surface area contributed by atoms with E-state index in [-0.39, 0.29) is 31.2 Å². The molecule has 1 saturated heterocycles. The number of aliphatic hydroxyl groups excluding tert-OH is 2. The van der Waals surface area contributed by atoms with E-state index in [9.17, 15) is 28.2 Å². The van der Waals surface area contributed by atoms with Gasteiger partial charge in [0.1, 0.15) is 18.5 Å². The Balaban J connectivity index is 1.87. The van der Waals surface area contributed by atoms with Gasteiger partial charge in [-0.05, 0) is 18.6 Å². The monoisotopic (exact) mass is 362 g/mol. The van der Waals surface area contributed by atoms with Crippen LogP contribution in [0.4, 0.5) is 13.2 Å². The highest BCUT2D eigenvalue weighted by molar-refractivity contribution is 5.82. The van der Waals surface area contributed by atoms with Gasteiger partial charge in [0.2, 0.25) is 5.91 Å². The number of hydrogen-bond donors (Lipinski definition) is 3. The van der Waals surface area contributed by atoms with E-state index < -0.39 is 30.0 Å². The van der Waals surface area contributed by atoms with Crippen molar-refractivity contribution in [2.45, 2.75) is 30.8 Å². The number of rotatable bonds is 6. The van der Waals surface area contributed by atoms with Crippen LogP contribution in [-0.4, -0.2) is 66.0 Å². The van der Waals surface area contributed by atoms with Gasteiger partial charge in [0.25, 0.3) is 0 Å². The third-order valence-corrected chi connectivity index (χ3v) is 3.89. The molecule has 140 valence electrons. The van der Waals surface area contributed by atoms with Crippen LogP contribution in [0.25, 0.3) is 0 Å². The molecule has 0 aliphatic carbocycles. The van der Waals surface area contributed by atoms with Crippen LogP contribution in [0, 0.1) is 0 Å². The Hall–Kier alpha value is -1.84. The number of aliphatic hydroxyl groups is 2. The Morgan fingerprint density at radius 3 is 2.72 bits per heavy atom. The highest BCUT2D eigenvalue weighted by Crippen LogP contribution is 2.35. The number of ether oxygens (including phenoxy) is 1. The van der Waals surface area contributed by atoms with E-state index in [0.717, 1.165) is 6.07 Å². The lowest BCUT2D eigenvalue weighted by Crippen LogP contribution is -2.45. The van der Waals surface area contributed by atoms with Crippen molar-refractivity contribution in [3.8, 4) is 5.75 Å². The van der Waals surface area contributed by atoms with E-state index in [1.165, 1.54) is 30.1 Å². The van der Waals surface area contributed by atoms with Gasteiger partial charge >= 0.3 is 6.18 Å². The first-order valence-electron chi connectivity index (χ1n) is 7.82. The molecule has 3 unspecified atom stereocenters. The van der Waals surface area contributed by atoms with E-state index in [0.29, 0.717) is 6.54 Å². The predicted octanol–water partition coefficient (Wildman–Crippen LogP) is 0.626. The smallest absolute Gasteiger partial charge is 0.419 e. The first kappa shape index (κ1) is 19.5. The normalized spacial score (nSPS) is 21.8.